The highest BCUT2D eigenvalue weighted by molar-refractivity contribution is 5.92. The zero-order chi connectivity index (χ0) is 17.2. The summed E-state index contributed by atoms with van der Waals surface area (Å²) in [4.78, 5) is 16.8. The molecule has 1 aliphatic rings. The van der Waals surface area contributed by atoms with E-state index in [0.717, 1.165) is 22.6 Å². The van der Waals surface area contributed by atoms with Crippen molar-refractivity contribution in [3.8, 4) is 11.4 Å². The van der Waals surface area contributed by atoms with Crippen LogP contribution in [0, 0.1) is 0 Å². The molecule has 0 atom stereocenters. The van der Waals surface area contributed by atoms with E-state index in [9.17, 15) is 4.79 Å². The first kappa shape index (κ1) is 15.4. The predicted molar refractivity (Wildman–Crippen MR) is 97.0 cm³/mol. The van der Waals surface area contributed by atoms with Crippen LogP contribution < -0.4 is 11.1 Å². The summed E-state index contributed by atoms with van der Waals surface area (Å²) in [7, 11) is 0. The quantitative estimate of drug-likeness (QED) is 0.625. The molecular formula is C19H19N5O. The topological polar surface area (TPSA) is 96.7 Å². The molecule has 0 saturated heterocycles. The predicted octanol–water partition coefficient (Wildman–Crippen LogP) is 3.11. The molecule has 0 spiro atoms. The molecule has 126 valence electrons. The van der Waals surface area contributed by atoms with Crippen LogP contribution in [0.4, 0.5) is 11.4 Å². The Morgan fingerprint density at radius 2 is 2.00 bits per heavy atom. The number of nitrogens with one attached hydrogen (secondary N) is 2. The maximum atomic E-state index is 12.2. The normalized spacial score (nSPS) is 13.6. The lowest BCUT2D eigenvalue weighted by Gasteiger charge is -2.07. The number of hydrogen-bond donors (Lipinski definition) is 3. The number of nitrogens with zero attached hydrogens (tertiary/aromatic N) is 2. The van der Waals surface area contributed by atoms with Gasteiger partial charge in [0.05, 0.1) is 6.42 Å². The van der Waals surface area contributed by atoms with Crippen LogP contribution in [0.5, 0.6) is 0 Å². The molecule has 0 radical (unpaired) electrons. The molecule has 1 aromatic heterocycles. The Balaban J connectivity index is 1.45. The number of anilines is 2. The minimum absolute atomic E-state index is 0.0735. The van der Waals surface area contributed by atoms with Gasteiger partial charge in [0.25, 0.3) is 0 Å². The highest BCUT2D eigenvalue weighted by Gasteiger charge is 2.27. The number of nitrogen functional groups attached to an aromatic ring is 1. The van der Waals surface area contributed by atoms with Gasteiger partial charge in [-0.15, -0.1) is 0 Å². The molecule has 4 N–H and O–H groups in total. The number of aromatic nitrogens is 3. The molecule has 0 bridgehead atoms. The fourth-order valence-electron chi connectivity index (χ4n) is 2.70. The smallest absolute Gasteiger partial charge is 0.228 e. The van der Waals surface area contributed by atoms with Gasteiger partial charge in [0.15, 0.2) is 5.82 Å². The van der Waals surface area contributed by atoms with Crippen molar-refractivity contribution in [2.24, 2.45) is 0 Å². The fraction of sp³-hybridized carbons (Fsp3) is 0.211. The molecule has 0 aliphatic heterocycles. The highest BCUT2D eigenvalue weighted by atomic mass is 16.1. The van der Waals surface area contributed by atoms with Crippen molar-refractivity contribution in [1.82, 2.24) is 15.2 Å². The number of rotatable bonds is 5. The van der Waals surface area contributed by atoms with Gasteiger partial charge in [-0.05, 0) is 42.7 Å². The summed E-state index contributed by atoms with van der Waals surface area (Å²) in [6.45, 7) is 0. The third-order valence-electron chi connectivity index (χ3n) is 4.22. The molecule has 4 rings (SSSR count). The Kier molecular flexibility index (Phi) is 3.93. The van der Waals surface area contributed by atoms with Gasteiger partial charge in [-0.3, -0.25) is 9.89 Å². The molecule has 1 saturated carbocycles. The van der Waals surface area contributed by atoms with Crippen molar-refractivity contribution >= 4 is 17.3 Å². The zero-order valence-electron chi connectivity index (χ0n) is 13.7. The van der Waals surface area contributed by atoms with Gasteiger partial charge in [-0.2, -0.15) is 5.10 Å². The van der Waals surface area contributed by atoms with E-state index in [1.165, 1.54) is 12.8 Å². The molecule has 6 nitrogen and oxygen atoms in total. The lowest BCUT2D eigenvalue weighted by Crippen LogP contribution is -2.14. The second-order valence-corrected chi connectivity index (χ2v) is 6.37. The lowest BCUT2D eigenvalue weighted by atomic mass is 10.1. The molecule has 6 heteroatoms. The van der Waals surface area contributed by atoms with Crippen LogP contribution in [0.1, 0.15) is 30.1 Å². The van der Waals surface area contributed by atoms with Crippen LogP contribution in [0.25, 0.3) is 11.4 Å². The molecule has 0 unspecified atom stereocenters. The second kappa shape index (κ2) is 6.39. The Morgan fingerprint density at radius 1 is 1.20 bits per heavy atom. The van der Waals surface area contributed by atoms with E-state index < -0.39 is 0 Å². The average molecular weight is 333 g/mol. The third-order valence-corrected chi connectivity index (χ3v) is 4.22. The average Bonchev–Trinajstić information content (AvgIpc) is 3.34. The van der Waals surface area contributed by atoms with Gasteiger partial charge in [0, 0.05) is 22.9 Å². The maximum Gasteiger partial charge on any atom is 0.228 e. The van der Waals surface area contributed by atoms with Crippen molar-refractivity contribution in [3.63, 3.8) is 0 Å². The van der Waals surface area contributed by atoms with Gasteiger partial charge >= 0.3 is 0 Å². The summed E-state index contributed by atoms with van der Waals surface area (Å²) in [5, 5.41) is 10.2. The number of aromatic amines is 1. The number of carbonyl (C=O) groups excluding carboxylic acids is 1. The molecule has 1 aliphatic carbocycles. The van der Waals surface area contributed by atoms with E-state index in [-0.39, 0.29) is 5.91 Å². The van der Waals surface area contributed by atoms with E-state index in [2.05, 4.69) is 20.5 Å². The molecule has 2 aromatic carbocycles. The van der Waals surface area contributed by atoms with E-state index in [4.69, 9.17) is 5.73 Å². The Hall–Kier alpha value is -3.15. The number of benzene rings is 2. The number of carbonyl (C=O) groups is 1. The van der Waals surface area contributed by atoms with E-state index >= 15 is 0 Å². The van der Waals surface area contributed by atoms with Crippen LogP contribution in [0.3, 0.4) is 0 Å². The summed E-state index contributed by atoms with van der Waals surface area (Å²) in [6.07, 6.45) is 2.66. The molecule has 1 heterocycles. The molecule has 25 heavy (non-hydrogen) atoms. The van der Waals surface area contributed by atoms with Crippen molar-refractivity contribution in [1.29, 1.82) is 0 Å². The number of hydrogen-bond acceptors (Lipinski definition) is 4. The maximum absolute atomic E-state index is 12.2. The second-order valence-electron chi connectivity index (χ2n) is 6.37. The first-order valence-corrected chi connectivity index (χ1v) is 8.34. The molecular weight excluding hydrogens is 314 g/mol. The van der Waals surface area contributed by atoms with E-state index in [1.54, 1.807) is 12.1 Å². The minimum Gasteiger partial charge on any atom is -0.399 e. The Bertz CT molecular complexity index is 896. The van der Waals surface area contributed by atoms with Gasteiger partial charge < -0.3 is 11.1 Å². The van der Waals surface area contributed by atoms with Crippen molar-refractivity contribution in [2.75, 3.05) is 11.1 Å². The summed E-state index contributed by atoms with van der Waals surface area (Å²) in [6, 6.07) is 14.9. The van der Waals surface area contributed by atoms with Crippen molar-refractivity contribution in [3.05, 3.63) is 59.9 Å². The Labute approximate surface area is 145 Å². The summed E-state index contributed by atoms with van der Waals surface area (Å²) < 4.78 is 0. The van der Waals surface area contributed by atoms with Crippen LogP contribution >= 0.6 is 0 Å². The largest absolute Gasteiger partial charge is 0.399 e. The first-order chi connectivity index (χ1) is 12.2. The SMILES string of the molecule is Nc1ccc(CC(=O)Nc2cccc(-c3n[nH]c(C4CC4)n3)c2)cc1. The fourth-order valence-corrected chi connectivity index (χ4v) is 2.70. The van der Waals surface area contributed by atoms with Crippen LogP contribution in [0.2, 0.25) is 0 Å². The Morgan fingerprint density at radius 3 is 2.76 bits per heavy atom. The van der Waals surface area contributed by atoms with E-state index in [1.807, 2.05) is 36.4 Å². The summed E-state index contributed by atoms with van der Waals surface area (Å²) >= 11 is 0. The van der Waals surface area contributed by atoms with Crippen molar-refractivity contribution in [2.45, 2.75) is 25.2 Å². The van der Waals surface area contributed by atoms with Crippen LogP contribution in [-0.4, -0.2) is 21.1 Å². The van der Waals surface area contributed by atoms with Crippen molar-refractivity contribution < 1.29 is 4.79 Å². The monoisotopic (exact) mass is 333 g/mol. The molecule has 1 fully saturated rings. The van der Waals surface area contributed by atoms with Gasteiger partial charge in [0.1, 0.15) is 5.82 Å². The van der Waals surface area contributed by atoms with Gasteiger partial charge in [-0.25, -0.2) is 4.98 Å². The first-order valence-electron chi connectivity index (χ1n) is 8.34. The van der Waals surface area contributed by atoms with E-state index in [0.29, 0.717) is 23.9 Å². The molecule has 1 amide bonds. The minimum atomic E-state index is -0.0735. The molecule has 3 aromatic rings. The summed E-state index contributed by atoms with van der Waals surface area (Å²) in [5.41, 5.74) is 8.89. The van der Waals surface area contributed by atoms with Crippen LogP contribution in [-0.2, 0) is 11.2 Å². The number of amides is 1. The highest BCUT2D eigenvalue weighted by Crippen LogP contribution is 2.38. The number of H-pyrrole nitrogens is 1. The third kappa shape index (κ3) is 3.68. The number of nitrogens with two attached hydrogens (primary N) is 1. The summed E-state index contributed by atoms with van der Waals surface area (Å²) in [5.74, 6) is 2.07. The lowest BCUT2D eigenvalue weighted by molar-refractivity contribution is -0.115. The van der Waals surface area contributed by atoms with Gasteiger partial charge in [0.2, 0.25) is 5.91 Å². The van der Waals surface area contributed by atoms with Gasteiger partial charge in [-0.1, -0.05) is 24.3 Å². The zero-order valence-corrected chi connectivity index (χ0v) is 13.7. The van der Waals surface area contributed by atoms with Crippen LogP contribution in [0.15, 0.2) is 48.5 Å². The standard InChI is InChI=1S/C19H19N5O/c20-15-8-4-12(5-9-15)10-17(25)21-16-3-1-2-14(11-16)19-22-18(23-24-19)13-6-7-13/h1-5,8-9,11,13H,6-7,10,20H2,(H,21,25)(H,22,23,24).